The van der Waals surface area contributed by atoms with Crippen LogP contribution in [0.1, 0.15) is 35.2 Å². The van der Waals surface area contributed by atoms with Crippen LogP contribution in [0.25, 0.3) is 0 Å². The fraction of sp³-hybridized carbons (Fsp3) is 0.316. The van der Waals surface area contributed by atoms with E-state index in [2.05, 4.69) is 10.2 Å². The molecule has 0 radical (unpaired) electrons. The van der Waals surface area contributed by atoms with Crippen molar-refractivity contribution < 1.29 is 14.6 Å². The third-order valence-electron chi connectivity index (χ3n) is 4.73. The van der Waals surface area contributed by atoms with E-state index >= 15 is 0 Å². The monoisotopic (exact) mass is 384 g/mol. The van der Waals surface area contributed by atoms with E-state index in [1.54, 1.807) is 18.2 Å². The average molecular weight is 384 g/mol. The zero-order valence-electron chi connectivity index (χ0n) is 15.2. The van der Waals surface area contributed by atoms with Crippen LogP contribution in [0.3, 0.4) is 0 Å². The lowest BCUT2D eigenvalue weighted by atomic mass is 10.1. The number of hydrogen-bond donors (Lipinski definition) is 1. The Hall–Kier alpha value is -3.49. The summed E-state index contributed by atoms with van der Waals surface area (Å²) < 4.78 is 0. The summed E-state index contributed by atoms with van der Waals surface area (Å²) >= 11 is 0. The van der Waals surface area contributed by atoms with Gasteiger partial charge in [-0.1, -0.05) is 12.1 Å². The molecule has 0 saturated carbocycles. The van der Waals surface area contributed by atoms with Crippen molar-refractivity contribution in [2.24, 2.45) is 0 Å². The maximum atomic E-state index is 12.8. The van der Waals surface area contributed by atoms with Crippen LogP contribution in [-0.4, -0.2) is 28.8 Å². The van der Waals surface area contributed by atoms with E-state index in [1.807, 2.05) is 0 Å². The number of nitro benzene ring substituents is 2. The first-order valence-corrected chi connectivity index (χ1v) is 9.00. The van der Waals surface area contributed by atoms with Crippen molar-refractivity contribution >= 4 is 23.0 Å². The quantitative estimate of drug-likeness (QED) is 0.602. The Bertz CT molecular complexity index is 892. The first-order valence-electron chi connectivity index (χ1n) is 9.00. The molecule has 2 aromatic carbocycles. The molecule has 2 aromatic rings. The Morgan fingerprint density at radius 2 is 1.54 bits per heavy atom. The standard InChI is InChI=1S/C19H20N4O5/c24-19(20-13-14-4-6-15(7-5-14)22(25)26)17-12-16(23(27)28)8-9-18(17)21-10-2-1-3-11-21/h4-9,12H,1-3,10-11,13H2,(H,20,24). The maximum Gasteiger partial charge on any atom is 0.270 e. The van der Waals surface area contributed by atoms with Crippen LogP contribution in [0.5, 0.6) is 0 Å². The van der Waals surface area contributed by atoms with E-state index in [4.69, 9.17) is 0 Å². The number of carbonyl (C=O) groups excluding carboxylic acids is 1. The lowest BCUT2D eigenvalue weighted by Gasteiger charge is -2.30. The highest BCUT2D eigenvalue weighted by Crippen LogP contribution is 2.28. The highest BCUT2D eigenvalue weighted by atomic mass is 16.6. The van der Waals surface area contributed by atoms with Gasteiger partial charge >= 0.3 is 0 Å². The van der Waals surface area contributed by atoms with Gasteiger partial charge in [0.2, 0.25) is 0 Å². The molecule has 0 bridgehead atoms. The third kappa shape index (κ3) is 4.43. The van der Waals surface area contributed by atoms with Crippen molar-refractivity contribution in [1.29, 1.82) is 0 Å². The van der Waals surface area contributed by atoms with Crippen LogP contribution >= 0.6 is 0 Å². The zero-order valence-corrected chi connectivity index (χ0v) is 15.2. The summed E-state index contributed by atoms with van der Waals surface area (Å²) in [5.41, 5.74) is 1.48. The summed E-state index contributed by atoms with van der Waals surface area (Å²) in [5, 5.41) is 24.6. The minimum absolute atomic E-state index is 0.0267. The molecule has 0 spiro atoms. The number of nitrogens with one attached hydrogen (secondary N) is 1. The van der Waals surface area contributed by atoms with Gasteiger partial charge in [0.15, 0.2) is 0 Å². The average Bonchev–Trinajstić information content (AvgIpc) is 2.72. The molecule has 3 rings (SSSR count). The molecule has 0 atom stereocenters. The summed E-state index contributed by atoms with van der Waals surface area (Å²) in [7, 11) is 0. The van der Waals surface area contributed by atoms with E-state index in [1.165, 1.54) is 24.3 Å². The van der Waals surface area contributed by atoms with E-state index in [9.17, 15) is 25.0 Å². The van der Waals surface area contributed by atoms with Gasteiger partial charge in [-0.2, -0.15) is 0 Å². The molecule has 1 N–H and O–H groups in total. The maximum absolute atomic E-state index is 12.8. The van der Waals surface area contributed by atoms with Crippen molar-refractivity contribution in [2.75, 3.05) is 18.0 Å². The predicted octanol–water partition coefficient (Wildman–Crippen LogP) is 3.42. The Morgan fingerprint density at radius 3 is 2.14 bits per heavy atom. The summed E-state index contributed by atoms with van der Waals surface area (Å²) in [4.78, 5) is 35.7. The largest absolute Gasteiger partial charge is 0.371 e. The number of hydrogen-bond acceptors (Lipinski definition) is 6. The molecule has 0 aromatic heterocycles. The minimum Gasteiger partial charge on any atom is -0.371 e. The fourth-order valence-corrected chi connectivity index (χ4v) is 3.24. The molecule has 146 valence electrons. The van der Waals surface area contributed by atoms with E-state index < -0.39 is 15.8 Å². The van der Waals surface area contributed by atoms with E-state index in [-0.39, 0.29) is 23.5 Å². The molecule has 1 fully saturated rings. The predicted molar refractivity (Wildman–Crippen MR) is 103 cm³/mol. The second-order valence-corrected chi connectivity index (χ2v) is 6.61. The molecule has 28 heavy (non-hydrogen) atoms. The van der Waals surface area contributed by atoms with Gasteiger partial charge in [0, 0.05) is 43.9 Å². The van der Waals surface area contributed by atoms with E-state index in [0.717, 1.165) is 32.4 Å². The molecule has 1 amide bonds. The number of non-ortho nitro benzene ring substituents is 2. The highest BCUT2D eigenvalue weighted by Gasteiger charge is 2.21. The van der Waals surface area contributed by atoms with Gasteiger partial charge in [0.25, 0.3) is 17.3 Å². The van der Waals surface area contributed by atoms with Crippen molar-refractivity contribution in [2.45, 2.75) is 25.8 Å². The molecule has 1 aliphatic rings. The third-order valence-corrected chi connectivity index (χ3v) is 4.73. The second kappa shape index (κ2) is 8.47. The fourth-order valence-electron chi connectivity index (χ4n) is 3.24. The first-order chi connectivity index (χ1) is 13.5. The van der Waals surface area contributed by atoms with Gasteiger partial charge in [-0.15, -0.1) is 0 Å². The van der Waals surface area contributed by atoms with Crippen LogP contribution in [-0.2, 0) is 6.54 Å². The molecule has 9 nitrogen and oxygen atoms in total. The molecular formula is C19H20N4O5. The summed E-state index contributed by atoms with van der Waals surface area (Å²) in [5.74, 6) is -0.414. The van der Waals surface area contributed by atoms with Crippen LogP contribution in [0.15, 0.2) is 42.5 Å². The number of anilines is 1. The molecule has 1 heterocycles. The SMILES string of the molecule is O=C(NCc1ccc([N+](=O)[O-])cc1)c1cc([N+](=O)[O-])ccc1N1CCCCC1. The number of nitrogens with zero attached hydrogens (tertiary/aromatic N) is 3. The molecule has 1 saturated heterocycles. The Morgan fingerprint density at radius 1 is 0.929 bits per heavy atom. The molecular weight excluding hydrogens is 364 g/mol. The molecule has 0 unspecified atom stereocenters. The van der Waals surface area contributed by atoms with Gasteiger partial charge < -0.3 is 10.2 Å². The summed E-state index contributed by atoms with van der Waals surface area (Å²) in [6, 6.07) is 10.2. The lowest BCUT2D eigenvalue weighted by molar-refractivity contribution is -0.385. The number of amides is 1. The number of nitro groups is 2. The number of carbonyl (C=O) groups is 1. The van der Waals surface area contributed by atoms with Crippen LogP contribution in [0, 0.1) is 20.2 Å². The smallest absolute Gasteiger partial charge is 0.270 e. The van der Waals surface area contributed by atoms with Gasteiger partial charge in [-0.25, -0.2) is 0 Å². The zero-order chi connectivity index (χ0) is 20.1. The number of piperidine rings is 1. The highest BCUT2D eigenvalue weighted by molar-refractivity contribution is 6.00. The van der Waals surface area contributed by atoms with Crippen molar-refractivity contribution in [3.05, 3.63) is 73.8 Å². The van der Waals surface area contributed by atoms with Gasteiger partial charge in [-0.3, -0.25) is 25.0 Å². The summed E-state index contributed by atoms with van der Waals surface area (Å²) in [6.45, 7) is 1.78. The van der Waals surface area contributed by atoms with Crippen molar-refractivity contribution in [3.8, 4) is 0 Å². The molecule has 1 aliphatic heterocycles. The van der Waals surface area contributed by atoms with Crippen LogP contribution in [0.4, 0.5) is 17.1 Å². The van der Waals surface area contributed by atoms with Gasteiger partial charge in [-0.05, 0) is 30.9 Å². The number of rotatable bonds is 6. The lowest BCUT2D eigenvalue weighted by Crippen LogP contribution is -2.32. The second-order valence-electron chi connectivity index (χ2n) is 6.61. The van der Waals surface area contributed by atoms with Gasteiger partial charge in [0.05, 0.1) is 21.1 Å². The normalized spacial score (nSPS) is 13.8. The van der Waals surface area contributed by atoms with Crippen LogP contribution < -0.4 is 10.2 Å². The Kier molecular flexibility index (Phi) is 5.83. The Balaban J connectivity index is 1.79. The van der Waals surface area contributed by atoms with E-state index in [0.29, 0.717) is 11.3 Å². The first kappa shape index (κ1) is 19.3. The summed E-state index contributed by atoms with van der Waals surface area (Å²) in [6.07, 6.45) is 3.16. The van der Waals surface area contributed by atoms with Crippen molar-refractivity contribution in [3.63, 3.8) is 0 Å². The minimum atomic E-state index is -0.521. The molecule has 9 heteroatoms. The number of benzene rings is 2. The van der Waals surface area contributed by atoms with Crippen LogP contribution in [0.2, 0.25) is 0 Å². The Labute approximate surface area is 161 Å². The van der Waals surface area contributed by atoms with Crippen molar-refractivity contribution in [1.82, 2.24) is 5.32 Å². The molecule has 0 aliphatic carbocycles. The van der Waals surface area contributed by atoms with Gasteiger partial charge in [0.1, 0.15) is 0 Å². The topological polar surface area (TPSA) is 119 Å².